The minimum atomic E-state index is 0.216. The lowest BCUT2D eigenvalue weighted by molar-refractivity contribution is 0.735. The summed E-state index contributed by atoms with van der Waals surface area (Å²) in [6, 6.07) is 8.13. The second-order valence-electron chi connectivity index (χ2n) is 6.08. The van der Waals surface area contributed by atoms with Crippen LogP contribution in [0.5, 0.6) is 0 Å². The monoisotopic (exact) mass is 358 g/mol. The zero-order valence-corrected chi connectivity index (χ0v) is 15.6. The van der Waals surface area contributed by atoms with Gasteiger partial charge >= 0.3 is 0 Å². The normalized spacial score (nSPS) is 11.0. The van der Waals surface area contributed by atoms with Gasteiger partial charge in [-0.15, -0.1) is 0 Å². The third-order valence-corrected chi connectivity index (χ3v) is 4.04. The van der Waals surface area contributed by atoms with Crippen molar-refractivity contribution < 1.29 is 0 Å². The van der Waals surface area contributed by atoms with E-state index in [2.05, 4.69) is 63.1 Å². The molecule has 0 aliphatic heterocycles. The molecular formula is C18H23ClN6. The summed E-state index contributed by atoms with van der Waals surface area (Å²) < 4.78 is 0. The Morgan fingerprint density at radius 3 is 2.56 bits per heavy atom. The molecule has 2 aromatic heterocycles. The van der Waals surface area contributed by atoms with Gasteiger partial charge in [0.1, 0.15) is 5.52 Å². The lowest BCUT2D eigenvalue weighted by Gasteiger charge is -2.22. The summed E-state index contributed by atoms with van der Waals surface area (Å²) in [5.41, 5.74) is 3.53. The van der Waals surface area contributed by atoms with E-state index < -0.39 is 0 Å². The molecule has 0 unspecified atom stereocenters. The number of nitrogens with zero attached hydrogens (tertiary/aromatic N) is 4. The Balaban J connectivity index is 1.99. The number of rotatable bonds is 7. The molecule has 0 amide bonds. The van der Waals surface area contributed by atoms with Gasteiger partial charge in [-0.1, -0.05) is 26.0 Å². The Morgan fingerprint density at radius 1 is 1.12 bits per heavy atom. The minimum absolute atomic E-state index is 0.216. The van der Waals surface area contributed by atoms with Gasteiger partial charge in [-0.3, -0.25) is 0 Å². The standard InChI is InChI=1S/C18H23ClN6/c1-4-9-25(10-5-2)16-14-15(22-17(19)24-16)23-18(21-14)20-13-8-6-7-12(3)11-13/h6-8,11H,4-5,9-10H2,1-3H3,(H2,20,21,22,23,24). The Hall–Kier alpha value is -2.34. The van der Waals surface area contributed by atoms with E-state index in [1.807, 2.05) is 12.1 Å². The second kappa shape index (κ2) is 7.70. The average molecular weight is 359 g/mol. The molecule has 0 saturated carbocycles. The van der Waals surface area contributed by atoms with Crippen LogP contribution >= 0.6 is 11.6 Å². The summed E-state index contributed by atoms with van der Waals surface area (Å²) in [5, 5.41) is 3.50. The van der Waals surface area contributed by atoms with Crippen LogP contribution in [0.4, 0.5) is 17.5 Å². The van der Waals surface area contributed by atoms with E-state index >= 15 is 0 Å². The molecule has 0 radical (unpaired) electrons. The molecule has 2 N–H and O–H groups in total. The highest BCUT2D eigenvalue weighted by molar-refractivity contribution is 6.28. The lowest BCUT2D eigenvalue weighted by atomic mass is 10.2. The highest BCUT2D eigenvalue weighted by atomic mass is 35.5. The maximum atomic E-state index is 6.14. The second-order valence-corrected chi connectivity index (χ2v) is 6.42. The SMILES string of the molecule is CCCN(CCC)c1nc(Cl)nc2nc(Nc3cccc(C)c3)[nH]c12. The Labute approximate surface area is 152 Å². The predicted molar refractivity (Wildman–Crippen MR) is 104 cm³/mol. The Kier molecular flexibility index (Phi) is 5.38. The van der Waals surface area contributed by atoms with E-state index in [1.54, 1.807) is 0 Å². The molecule has 0 bridgehead atoms. The molecule has 132 valence electrons. The third-order valence-electron chi connectivity index (χ3n) is 3.87. The number of aromatic nitrogens is 4. The van der Waals surface area contributed by atoms with Gasteiger partial charge in [0.25, 0.3) is 0 Å². The van der Waals surface area contributed by atoms with Gasteiger partial charge in [-0.05, 0) is 49.1 Å². The number of H-pyrrole nitrogens is 1. The van der Waals surface area contributed by atoms with Crippen LogP contribution in [-0.2, 0) is 0 Å². The number of hydrogen-bond donors (Lipinski definition) is 2. The number of anilines is 3. The van der Waals surface area contributed by atoms with E-state index in [-0.39, 0.29) is 5.28 Å². The van der Waals surface area contributed by atoms with Crippen LogP contribution in [-0.4, -0.2) is 33.0 Å². The van der Waals surface area contributed by atoms with Crippen LogP contribution in [0.1, 0.15) is 32.3 Å². The molecule has 0 saturated heterocycles. The summed E-state index contributed by atoms with van der Waals surface area (Å²) in [6.45, 7) is 8.19. The molecule has 0 aliphatic rings. The van der Waals surface area contributed by atoms with Crippen LogP contribution in [0.25, 0.3) is 11.2 Å². The first-order chi connectivity index (χ1) is 12.1. The molecule has 6 nitrogen and oxygen atoms in total. The van der Waals surface area contributed by atoms with Gasteiger partial charge in [-0.2, -0.15) is 15.0 Å². The number of aryl methyl sites for hydroxylation is 1. The van der Waals surface area contributed by atoms with Crippen LogP contribution < -0.4 is 10.2 Å². The summed E-state index contributed by atoms with van der Waals surface area (Å²) in [6.07, 6.45) is 2.07. The smallest absolute Gasteiger partial charge is 0.226 e. The molecule has 3 aromatic rings. The zero-order valence-electron chi connectivity index (χ0n) is 14.8. The van der Waals surface area contributed by atoms with Crippen molar-refractivity contribution in [3.05, 3.63) is 35.1 Å². The number of hydrogen-bond acceptors (Lipinski definition) is 5. The Bertz CT molecular complexity index is 854. The molecule has 0 aliphatic carbocycles. The molecule has 7 heteroatoms. The fourth-order valence-corrected chi connectivity index (χ4v) is 3.03. The fourth-order valence-electron chi connectivity index (χ4n) is 2.87. The predicted octanol–water partition coefficient (Wildman–Crippen LogP) is 4.68. The number of halogens is 1. The van der Waals surface area contributed by atoms with E-state index in [9.17, 15) is 0 Å². The van der Waals surface area contributed by atoms with Crippen molar-refractivity contribution in [1.29, 1.82) is 0 Å². The van der Waals surface area contributed by atoms with Crippen molar-refractivity contribution in [1.82, 2.24) is 19.9 Å². The molecule has 0 fully saturated rings. The summed E-state index contributed by atoms with van der Waals surface area (Å²) in [4.78, 5) is 18.8. The van der Waals surface area contributed by atoms with Crippen molar-refractivity contribution >= 4 is 40.2 Å². The molecule has 25 heavy (non-hydrogen) atoms. The van der Waals surface area contributed by atoms with Gasteiger partial charge in [-0.25, -0.2) is 0 Å². The van der Waals surface area contributed by atoms with Gasteiger partial charge in [0.05, 0.1) is 0 Å². The van der Waals surface area contributed by atoms with Crippen LogP contribution in [0.3, 0.4) is 0 Å². The summed E-state index contributed by atoms with van der Waals surface area (Å²) >= 11 is 6.14. The highest BCUT2D eigenvalue weighted by Crippen LogP contribution is 2.26. The molecule has 0 spiro atoms. The number of nitrogens with one attached hydrogen (secondary N) is 2. The zero-order chi connectivity index (χ0) is 17.8. The van der Waals surface area contributed by atoms with E-state index in [0.717, 1.165) is 43.0 Å². The van der Waals surface area contributed by atoms with Gasteiger partial charge in [0.2, 0.25) is 11.2 Å². The fraction of sp³-hybridized carbons (Fsp3) is 0.389. The largest absolute Gasteiger partial charge is 0.355 e. The maximum Gasteiger partial charge on any atom is 0.226 e. The highest BCUT2D eigenvalue weighted by Gasteiger charge is 2.17. The van der Waals surface area contributed by atoms with Crippen molar-refractivity contribution in [2.75, 3.05) is 23.3 Å². The molecule has 0 atom stereocenters. The number of benzene rings is 1. The third kappa shape index (κ3) is 4.02. The van der Waals surface area contributed by atoms with Gasteiger partial charge in [0, 0.05) is 18.8 Å². The van der Waals surface area contributed by atoms with Crippen molar-refractivity contribution in [3.8, 4) is 0 Å². The van der Waals surface area contributed by atoms with Gasteiger partial charge < -0.3 is 15.2 Å². The minimum Gasteiger partial charge on any atom is -0.355 e. The Morgan fingerprint density at radius 2 is 1.88 bits per heavy atom. The van der Waals surface area contributed by atoms with E-state index in [1.165, 1.54) is 5.56 Å². The van der Waals surface area contributed by atoms with Crippen LogP contribution in [0.15, 0.2) is 24.3 Å². The van der Waals surface area contributed by atoms with Crippen molar-refractivity contribution in [3.63, 3.8) is 0 Å². The maximum absolute atomic E-state index is 6.14. The van der Waals surface area contributed by atoms with Crippen LogP contribution in [0.2, 0.25) is 5.28 Å². The quantitative estimate of drug-likeness (QED) is 0.600. The molecule has 1 aromatic carbocycles. The number of fused-ring (bicyclic) bond motifs is 1. The van der Waals surface area contributed by atoms with Crippen molar-refractivity contribution in [2.24, 2.45) is 0 Å². The van der Waals surface area contributed by atoms with Crippen molar-refractivity contribution in [2.45, 2.75) is 33.6 Å². The first-order valence-electron chi connectivity index (χ1n) is 8.62. The number of aromatic amines is 1. The first kappa shape index (κ1) is 17.5. The molecule has 3 rings (SSSR count). The molecule has 2 heterocycles. The van der Waals surface area contributed by atoms with E-state index in [4.69, 9.17) is 11.6 Å². The lowest BCUT2D eigenvalue weighted by Crippen LogP contribution is -2.26. The topological polar surface area (TPSA) is 69.7 Å². The summed E-state index contributed by atoms with van der Waals surface area (Å²) in [7, 11) is 0. The number of imidazole rings is 1. The summed E-state index contributed by atoms with van der Waals surface area (Å²) in [5.74, 6) is 1.44. The first-order valence-corrected chi connectivity index (χ1v) is 9.00. The van der Waals surface area contributed by atoms with Gasteiger partial charge in [0.15, 0.2) is 11.5 Å². The van der Waals surface area contributed by atoms with E-state index in [0.29, 0.717) is 11.6 Å². The average Bonchev–Trinajstić information content (AvgIpc) is 2.96. The van der Waals surface area contributed by atoms with Crippen LogP contribution in [0, 0.1) is 6.92 Å². The molecular weight excluding hydrogens is 336 g/mol.